The Morgan fingerprint density at radius 1 is 0.864 bits per heavy atom. The van der Waals surface area contributed by atoms with Gasteiger partial charge >= 0.3 is 0 Å². The Balaban J connectivity index is 1.95. The van der Waals surface area contributed by atoms with Crippen molar-refractivity contribution in [3.8, 4) is 0 Å². The first-order valence-corrected chi connectivity index (χ1v) is 8.23. The van der Waals surface area contributed by atoms with E-state index in [2.05, 4.69) is 67.7 Å². The molecule has 0 saturated carbocycles. The van der Waals surface area contributed by atoms with Gasteiger partial charge in [-0.05, 0) is 62.0 Å². The van der Waals surface area contributed by atoms with Crippen LogP contribution in [0.3, 0.4) is 0 Å². The Hall–Kier alpha value is -1.64. The van der Waals surface area contributed by atoms with Crippen molar-refractivity contribution >= 4 is 0 Å². The van der Waals surface area contributed by atoms with Crippen molar-refractivity contribution in [1.82, 2.24) is 5.32 Å². The van der Waals surface area contributed by atoms with E-state index in [1.807, 2.05) is 0 Å². The van der Waals surface area contributed by atoms with Gasteiger partial charge in [0.05, 0.1) is 6.10 Å². The number of rotatable bonds is 4. The fourth-order valence-corrected chi connectivity index (χ4v) is 3.20. The van der Waals surface area contributed by atoms with Gasteiger partial charge in [0, 0.05) is 0 Å². The first kappa shape index (κ1) is 15.3. The predicted octanol–water partition coefficient (Wildman–Crippen LogP) is 4.16. The highest BCUT2D eigenvalue weighted by Gasteiger charge is 2.23. The van der Waals surface area contributed by atoms with E-state index in [0.717, 1.165) is 25.9 Å². The second-order valence-corrected chi connectivity index (χ2v) is 6.18. The summed E-state index contributed by atoms with van der Waals surface area (Å²) in [5, 5.41) is 3.41. The molecule has 0 amide bonds. The summed E-state index contributed by atoms with van der Waals surface area (Å²) in [6, 6.07) is 17.2. The first-order valence-electron chi connectivity index (χ1n) is 8.23. The summed E-state index contributed by atoms with van der Waals surface area (Å²) >= 11 is 0. The molecule has 2 aromatic rings. The van der Waals surface area contributed by atoms with Crippen LogP contribution in [0.15, 0.2) is 48.5 Å². The summed E-state index contributed by atoms with van der Waals surface area (Å²) in [6.07, 6.45) is 2.55. The van der Waals surface area contributed by atoms with E-state index < -0.39 is 0 Å². The molecule has 0 unspecified atom stereocenters. The van der Waals surface area contributed by atoms with Crippen LogP contribution in [-0.2, 0) is 4.74 Å². The van der Waals surface area contributed by atoms with Crippen LogP contribution in [-0.4, -0.2) is 19.2 Å². The molecular formula is C20H25NO. The lowest BCUT2D eigenvalue weighted by atomic mass is 9.94. The number of aryl methyl sites for hydroxylation is 2. The minimum atomic E-state index is 0.0329. The highest BCUT2D eigenvalue weighted by atomic mass is 16.5. The van der Waals surface area contributed by atoms with Gasteiger partial charge in [-0.2, -0.15) is 0 Å². The van der Waals surface area contributed by atoms with Crippen molar-refractivity contribution in [3.05, 3.63) is 70.8 Å². The zero-order valence-corrected chi connectivity index (χ0v) is 13.5. The topological polar surface area (TPSA) is 21.3 Å². The maximum atomic E-state index is 6.59. The minimum absolute atomic E-state index is 0.0329. The third-order valence-electron chi connectivity index (χ3n) is 4.56. The Morgan fingerprint density at radius 2 is 1.36 bits per heavy atom. The second kappa shape index (κ2) is 7.08. The van der Waals surface area contributed by atoms with Crippen LogP contribution in [0, 0.1) is 13.8 Å². The summed E-state index contributed by atoms with van der Waals surface area (Å²) in [5.41, 5.74) is 5.17. The van der Waals surface area contributed by atoms with E-state index in [-0.39, 0.29) is 6.10 Å². The van der Waals surface area contributed by atoms with Gasteiger partial charge in [0.2, 0.25) is 0 Å². The van der Waals surface area contributed by atoms with Gasteiger partial charge in [-0.25, -0.2) is 0 Å². The molecule has 1 aliphatic rings. The van der Waals surface area contributed by atoms with Gasteiger partial charge in [-0.1, -0.05) is 48.5 Å². The van der Waals surface area contributed by atoms with Gasteiger partial charge in [0.1, 0.15) is 6.10 Å². The molecular weight excluding hydrogens is 270 g/mol. The smallest absolute Gasteiger partial charge is 0.108 e. The largest absolute Gasteiger partial charge is 0.365 e. The van der Waals surface area contributed by atoms with Gasteiger partial charge in [0.25, 0.3) is 0 Å². The Bertz CT molecular complexity index is 571. The number of nitrogens with one attached hydrogen (secondary N) is 1. The Morgan fingerprint density at radius 3 is 1.86 bits per heavy atom. The molecule has 0 spiro atoms. The first-order chi connectivity index (χ1) is 10.8. The van der Waals surface area contributed by atoms with Crippen molar-refractivity contribution in [3.63, 3.8) is 0 Å². The van der Waals surface area contributed by atoms with Gasteiger partial charge in [0.15, 0.2) is 0 Å². The molecule has 0 aliphatic carbocycles. The standard InChI is InChI=1S/C20H25NO/c1-15-7-3-5-9-18(15)20(19-10-6-4-8-16(19)2)22-17-11-13-21-14-12-17/h3-10,17,20-21H,11-14H2,1-2H3. The van der Waals surface area contributed by atoms with Crippen LogP contribution in [0.4, 0.5) is 0 Å². The number of hydrogen-bond acceptors (Lipinski definition) is 2. The molecule has 2 heteroatoms. The molecule has 1 aliphatic heterocycles. The van der Waals surface area contributed by atoms with Crippen molar-refractivity contribution in [2.75, 3.05) is 13.1 Å². The van der Waals surface area contributed by atoms with Crippen LogP contribution in [0.25, 0.3) is 0 Å². The lowest BCUT2D eigenvalue weighted by Gasteiger charge is -2.30. The maximum Gasteiger partial charge on any atom is 0.108 e. The monoisotopic (exact) mass is 295 g/mol. The molecule has 116 valence electrons. The molecule has 3 rings (SSSR count). The molecule has 2 aromatic carbocycles. The van der Waals surface area contributed by atoms with Crippen molar-refractivity contribution in [2.24, 2.45) is 0 Å². The SMILES string of the molecule is Cc1ccccc1C(OC1CCNCC1)c1ccccc1C. The fourth-order valence-electron chi connectivity index (χ4n) is 3.20. The van der Waals surface area contributed by atoms with Gasteiger partial charge in [-0.3, -0.25) is 0 Å². The van der Waals surface area contributed by atoms with E-state index in [1.165, 1.54) is 22.3 Å². The van der Waals surface area contributed by atoms with E-state index in [1.54, 1.807) is 0 Å². The fraction of sp³-hybridized carbons (Fsp3) is 0.400. The molecule has 22 heavy (non-hydrogen) atoms. The zero-order valence-electron chi connectivity index (χ0n) is 13.5. The van der Waals surface area contributed by atoms with E-state index in [9.17, 15) is 0 Å². The van der Waals surface area contributed by atoms with Crippen molar-refractivity contribution < 1.29 is 4.74 Å². The summed E-state index contributed by atoms with van der Waals surface area (Å²) in [4.78, 5) is 0. The highest BCUT2D eigenvalue weighted by Crippen LogP contribution is 2.32. The Labute approximate surface area is 133 Å². The van der Waals surface area contributed by atoms with Gasteiger partial charge in [-0.15, -0.1) is 0 Å². The third-order valence-corrected chi connectivity index (χ3v) is 4.56. The highest BCUT2D eigenvalue weighted by molar-refractivity contribution is 5.39. The predicted molar refractivity (Wildman–Crippen MR) is 91.2 cm³/mol. The summed E-state index contributed by atoms with van der Waals surface area (Å²) in [7, 11) is 0. The van der Waals surface area contributed by atoms with Gasteiger partial charge < -0.3 is 10.1 Å². The minimum Gasteiger partial charge on any atom is -0.365 e. The van der Waals surface area contributed by atoms with E-state index in [4.69, 9.17) is 4.74 Å². The average molecular weight is 295 g/mol. The van der Waals surface area contributed by atoms with Crippen LogP contribution >= 0.6 is 0 Å². The van der Waals surface area contributed by atoms with Crippen LogP contribution < -0.4 is 5.32 Å². The summed E-state index contributed by atoms with van der Waals surface area (Å²) in [6.45, 7) is 6.46. The molecule has 1 N–H and O–H groups in total. The molecule has 0 atom stereocenters. The lowest BCUT2D eigenvalue weighted by molar-refractivity contribution is -0.00855. The zero-order chi connectivity index (χ0) is 15.4. The van der Waals surface area contributed by atoms with Crippen molar-refractivity contribution in [2.45, 2.75) is 38.9 Å². The molecule has 0 aromatic heterocycles. The summed E-state index contributed by atoms with van der Waals surface area (Å²) in [5.74, 6) is 0. The quantitative estimate of drug-likeness (QED) is 0.914. The number of benzene rings is 2. The third kappa shape index (κ3) is 3.40. The van der Waals surface area contributed by atoms with Crippen LogP contribution in [0.5, 0.6) is 0 Å². The molecule has 0 radical (unpaired) electrons. The van der Waals surface area contributed by atoms with E-state index in [0.29, 0.717) is 6.10 Å². The molecule has 1 fully saturated rings. The maximum absolute atomic E-state index is 6.59. The van der Waals surface area contributed by atoms with Crippen LogP contribution in [0.1, 0.15) is 41.2 Å². The average Bonchev–Trinajstić information content (AvgIpc) is 2.55. The number of hydrogen-bond donors (Lipinski definition) is 1. The molecule has 1 heterocycles. The van der Waals surface area contributed by atoms with Crippen molar-refractivity contribution in [1.29, 1.82) is 0 Å². The summed E-state index contributed by atoms with van der Waals surface area (Å²) < 4.78 is 6.59. The second-order valence-electron chi connectivity index (χ2n) is 6.18. The molecule has 1 saturated heterocycles. The Kier molecular flexibility index (Phi) is 4.91. The molecule has 0 bridgehead atoms. The van der Waals surface area contributed by atoms with E-state index >= 15 is 0 Å². The number of piperidine rings is 1. The van der Waals surface area contributed by atoms with Crippen LogP contribution in [0.2, 0.25) is 0 Å². The lowest BCUT2D eigenvalue weighted by Crippen LogP contribution is -2.33. The normalized spacial score (nSPS) is 16.1. The number of ether oxygens (including phenoxy) is 1. The molecule has 2 nitrogen and oxygen atoms in total.